The van der Waals surface area contributed by atoms with Crippen molar-refractivity contribution in [3.63, 3.8) is 0 Å². The van der Waals surface area contributed by atoms with E-state index < -0.39 is 20.6 Å². The minimum atomic E-state index is -3.14. The summed E-state index contributed by atoms with van der Waals surface area (Å²) < 4.78 is 23.0. The number of hydrogen-bond acceptors (Lipinski definition) is 4. The Morgan fingerprint density at radius 3 is 2.45 bits per heavy atom. The Morgan fingerprint density at radius 2 is 2.00 bits per heavy atom. The molecule has 0 spiro atoms. The lowest BCUT2D eigenvalue weighted by molar-refractivity contribution is 0.0697. The molecule has 0 bridgehead atoms. The maximum Gasteiger partial charge on any atom is 0.335 e. The molecule has 7 heteroatoms. The molecule has 0 amide bonds. The summed E-state index contributed by atoms with van der Waals surface area (Å²) in [5.41, 5.74) is 1.08. The van der Waals surface area contributed by atoms with Crippen LogP contribution in [0, 0.1) is 0 Å². The molecule has 1 aromatic rings. The van der Waals surface area contributed by atoms with E-state index in [-0.39, 0.29) is 5.56 Å². The van der Waals surface area contributed by atoms with E-state index in [2.05, 4.69) is 21.2 Å². The Morgan fingerprint density at radius 1 is 1.40 bits per heavy atom. The first kappa shape index (κ1) is 17.1. The van der Waals surface area contributed by atoms with Crippen LogP contribution < -0.4 is 5.32 Å². The molecule has 2 N–H and O–H groups in total. The molecule has 0 heterocycles. The zero-order valence-electron chi connectivity index (χ0n) is 11.6. The molecule has 1 rings (SSSR count). The van der Waals surface area contributed by atoms with Crippen LogP contribution >= 0.6 is 15.9 Å². The third-order valence-corrected chi connectivity index (χ3v) is 6.06. The van der Waals surface area contributed by atoms with Crippen LogP contribution in [0.3, 0.4) is 0 Å². The van der Waals surface area contributed by atoms with Crippen LogP contribution in [0.25, 0.3) is 0 Å². The normalized spacial score (nSPS) is 12.4. The summed E-state index contributed by atoms with van der Waals surface area (Å²) in [5, 5.41) is 12.0. The predicted molar refractivity (Wildman–Crippen MR) is 81.7 cm³/mol. The number of rotatable bonds is 6. The van der Waals surface area contributed by atoms with Gasteiger partial charge in [-0.2, -0.15) is 0 Å². The average molecular weight is 364 g/mol. The molecule has 0 saturated carbocycles. The summed E-state index contributed by atoms with van der Waals surface area (Å²) in [6.45, 7) is 4.11. The average Bonchev–Trinajstić information content (AvgIpc) is 2.29. The Bertz CT molecular complexity index is 611. The molecule has 0 atom stereocenters. The van der Waals surface area contributed by atoms with Gasteiger partial charge in [0, 0.05) is 23.8 Å². The van der Waals surface area contributed by atoms with Crippen LogP contribution in [-0.2, 0) is 16.4 Å². The van der Waals surface area contributed by atoms with Crippen LogP contribution in [0.5, 0.6) is 0 Å². The number of hydrogen-bond donors (Lipinski definition) is 2. The zero-order chi connectivity index (χ0) is 15.6. The molecular weight excluding hydrogens is 346 g/mol. The van der Waals surface area contributed by atoms with E-state index in [0.29, 0.717) is 17.6 Å². The van der Waals surface area contributed by atoms with Gasteiger partial charge in [-0.3, -0.25) is 0 Å². The second-order valence-corrected chi connectivity index (χ2v) is 8.75. The van der Waals surface area contributed by atoms with Crippen molar-refractivity contribution >= 4 is 31.7 Å². The van der Waals surface area contributed by atoms with Gasteiger partial charge in [-0.15, -0.1) is 0 Å². The van der Waals surface area contributed by atoms with Gasteiger partial charge in [0.25, 0.3) is 0 Å². The van der Waals surface area contributed by atoms with Crippen molar-refractivity contribution in [3.8, 4) is 0 Å². The summed E-state index contributed by atoms with van der Waals surface area (Å²) >= 11 is 3.31. The van der Waals surface area contributed by atoms with Crippen LogP contribution in [0.15, 0.2) is 22.7 Å². The fraction of sp³-hybridized carbons (Fsp3) is 0.462. The zero-order valence-corrected chi connectivity index (χ0v) is 14.0. The smallest absolute Gasteiger partial charge is 0.335 e. The highest BCUT2D eigenvalue weighted by Crippen LogP contribution is 2.19. The molecule has 0 aliphatic rings. The van der Waals surface area contributed by atoms with Gasteiger partial charge >= 0.3 is 5.97 Å². The van der Waals surface area contributed by atoms with Gasteiger partial charge in [-0.1, -0.05) is 22.0 Å². The maximum atomic E-state index is 11.6. The fourth-order valence-electron chi connectivity index (χ4n) is 1.45. The highest BCUT2D eigenvalue weighted by Gasteiger charge is 2.29. The van der Waals surface area contributed by atoms with Gasteiger partial charge in [0.15, 0.2) is 9.84 Å². The topological polar surface area (TPSA) is 83.5 Å². The number of sulfone groups is 1. The molecule has 0 saturated heterocycles. The molecule has 112 valence electrons. The lowest BCUT2D eigenvalue weighted by Crippen LogP contribution is -2.41. The maximum absolute atomic E-state index is 11.6. The number of nitrogens with one attached hydrogen (secondary N) is 1. The van der Waals surface area contributed by atoms with E-state index in [1.165, 1.54) is 18.4 Å². The van der Waals surface area contributed by atoms with Crippen molar-refractivity contribution < 1.29 is 18.3 Å². The van der Waals surface area contributed by atoms with Crippen molar-refractivity contribution in [1.29, 1.82) is 0 Å². The largest absolute Gasteiger partial charge is 0.478 e. The van der Waals surface area contributed by atoms with Crippen LogP contribution in [0.2, 0.25) is 0 Å². The second-order valence-electron chi connectivity index (χ2n) is 5.25. The number of carbonyl (C=O) groups is 1. The van der Waals surface area contributed by atoms with E-state index in [1.54, 1.807) is 19.9 Å². The van der Waals surface area contributed by atoms with Crippen molar-refractivity contribution in [1.82, 2.24) is 5.32 Å². The van der Waals surface area contributed by atoms with E-state index in [9.17, 15) is 13.2 Å². The lowest BCUT2D eigenvalue weighted by Gasteiger charge is -2.23. The van der Waals surface area contributed by atoms with Gasteiger partial charge in [0.2, 0.25) is 0 Å². The number of halogens is 1. The van der Waals surface area contributed by atoms with Crippen LogP contribution in [0.4, 0.5) is 0 Å². The van der Waals surface area contributed by atoms with Gasteiger partial charge < -0.3 is 10.4 Å². The van der Waals surface area contributed by atoms with Crippen molar-refractivity contribution in [2.45, 2.75) is 25.1 Å². The second kappa shape index (κ2) is 6.24. The van der Waals surface area contributed by atoms with Gasteiger partial charge in [0.1, 0.15) is 0 Å². The molecular formula is C13H18BrNO4S. The molecule has 0 unspecified atom stereocenters. The summed E-state index contributed by atoms with van der Waals surface area (Å²) in [6.07, 6.45) is 1.21. The number of aromatic carboxylic acids is 1. The third kappa shape index (κ3) is 4.29. The summed E-state index contributed by atoms with van der Waals surface area (Å²) in [7, 11) is -3.14. The Balaban J connectivity index is 2.70. The number of carboxylic acids is 1. The van der Waals surface area contributed by atoms with Crippen molar-refractivity contribution in [3.05, 3.63) is 33.8 Å². The quantitative estimate of drug-likeness (QED) is 0.807. The molecule has 0 aliphatic carbocycles. The van der Waals surface area contributed by atoms with E-state index in [1.807, 2.05) is 0 Å². The molecule has 5 nitrogen and oxygen atoms in total. The van der Waals surface area contributed by atoms with Crippen LogP contribution in [-0.4, -0.2) is 37.0 Å². The first-order valence-electron chi connectivity index (χ1n) is 5.96. The van der Waals surface area contributed by atoms with Gasteiger partial charge in [-0.05, 0) is 31.5 Å². The molecule has 20 heavy (non-hydrogen) atoms. The van der Waals surface area contributed by atoms with Crippen molar-refractivity contribution in [2.75, 3.05) is 12.8 Å². The summed E-state index contributed by atoms with van der Waals surface area (Å²) in [6, 6.07) is 4.75. The highest BCUT2D eigenvalue weighted by atomic mass is 79.9. The predicted octanol–water partition coefficient (Wildman–Crippen LogP) is 2.06. The number of carboxylic acid groups (broad SMARTS) is 1. The fourth-order valence-corrected chi connectivity index (χ4v) is 2.34. The van der Waals surface area contributed by atoms with Crippen LogP contribution in [0.1, 0.15) is 29.8 Å². The standard InChI is InChI=1S/C13H18BrNO4S/c1-13(2,20(3,18)19)8-15-7-10-5-4-9(12(16)17)6-11(10)14/h4-6,15H,7-8H2,1-3H3,(H,16,17). The Labute approximate surface area is 127 Å². The molecule has 0 aromatic heterocycles. The SMILES string of the molecule is CC(C)(CNCc1ccc(C(=O)O)cc1Br)S(C)(=O)=O. The molecule has 1 aromatic carbocycles. The highest BCUT2D eigenvalue weighted by molar-refractivity contribution is 9.10. The van der Waals surface area contributed by atoms with Gasteiger partial charge in [0.05, 0.1) is 10.3 Å². The first-order valence-corrected chi connectivity index (χ1v) is 8.65. The lowest BCUT2D eigenvalue weighted by atomic mass is 10.1. The van der Waals surface area contributed by atoms with Crippen molar-refractivity contribution in [2.24, 2.45) is 0 Å². The molecule has 0 fully saturated rings. The minimum Gasteiger partial charge on any atom is -0.478 e. The minimum absolute atomic E-state index is 0.206. The summed E-state index contributed by atoms with van der Waals surface area (Å²) in [5.74, 6) is -0.983. The number of benzene rings is 1. The van der Waals surface area contributed by atoms with E-state index >= 15 is 0 Å². The summed E-state index contributed by atoms with van der Waals surface area (Å²) in [4.78, 5) is 10.8. The molecule has 0 radical (unpaired) electrons. The van der Waals surface area contributed by atoms with E-state index in [4.69, 9.17) is 5.11 Å². The Kier molecular flexibility index (Phi) is 5.34. The monoisotopic (exact) mass is 363 g/mol. The van der Waals surface area contributed by atoms with Gasteiger partial charge in [-0.25, -0.2) is 13.2 Å². The Hall–Kier alpha value is -0.920. The first-order chi connectivity index (χ1) is 9.04. The third-order valence-electron chi connectivity index (χ3n) is 3.17. The molecule has 0 aliphatic heterocycles. The van der Waals surface area contributed by atoms with E-state index in [0.717, 1.165) is 5.56 Å².